The zero-order chi connectivity index (χ0) is 21.7. The number of aromatic hydroxyl groups is 1. The lowest BCUT2D eigenvalue weighted by Gasteiger charge is -2.42. The van der Waals surface area contributed by atoms with Crippen molar-refractivity contribution in [3.8, 4) is 5.75 Å². The quantitative estimate of drug-likeness (QED) is 0.702. The number of amides is 1. The van der Waals surface area contributed by atoms with E-state index in [1.54, 1.807) is 29.2 Å². The normalized spacial score (nSPS) is 21.0. The number of halogens is 2. The van der Waals surface area contributed by atoms with Crippen LogP contribution in [0.3, 0.4) is 0 Å². The fourth-order valence-electron chi connectivity index (χ4n) is 4.90. The molecule has 3 atom stereocenters. The molecule has 2 aromatic carbocycles. The maximum absolute atomic E-state index is 14.2. The van der Waals surface area contributed by atoms with Crippen LogP contribution in [0, 0.1) is 11.6 Å². The Morgan fingerprint density at radius 3 is 2.55 bits per heavy atom. The Bertz CT molecular complexity index is 1230. The molecule has 1 N–H and O–H groups in total. The Balaban J connectivity index is 1.78. The first kappa shape index (κ1) is 19.4. The molecule has 3 heterocycles. The summed E-state index contributed by atoms with van der Waals surface area (Å²) in [5, 5.41) is 14.6. The summed E-state index contributed by atoms with van der Waals surface area (Å²) in [7, 11) is 0. The van der Waals surface area contributed by atoms with E-state index in [9.17, 15) is 23.5 Å². The molecule has 0 saturated carbocycles. The summed E-state index contributed by atoms with van der Waals surface area (Å²) < 4.78 is 29.2. The fraction of sp³-hybridized carbons (Fsp3) is 0.261. The first-order valence-electron chi connectivity index (χ1n) is 10.1. The van der Waals surface area contributed by atoms with Crippen molar-refractivity contribution in [1.29, 1.82) is 0 Å². The van der Waals surface area contributed by atoms with E-state index in [0.717, 1.165) is 12.6 Å². The largest absolute Gasteiger partial charge is 0.502 e. The minimum atomic E-state index is -0.736. The highest BCUT2D eigenvalue weighted by molar-refractivity contribution is 5.96. The predicted molar refractivity (Wildman–Crippen MR) is 108 cm³/mol. The van der Waals surface area contributed by atoms with Crippen molar-refractivity contribution in [2.45, 2.75) is 30.8 Å². The Hall–Kier alpha value is -3.55. The number of hydrogen-bond donors (Lipinski definition) is 1. The van der Waals surface area contributed by atoms with Crippen LogP contribution in [-0.4, -0.2) is 38.3 Å². The van der Waals surface area contributed by atoms with Gasteiger partial charge in [-0.1, -0.05) is 24.3 Å². The van der Waals surface area contributed by atoms with Gasteiger partial charge in [-0.25, -0.2) is 8.78 Å². The van der Waals surface area contributed by atoms with Gasteiger partial charge in [0.25, 0.3) is 5.91 Å². The summed E-state index contributed by atoms with van der Waals surface area (Å²) in [4.78, 5) is 26.8. The summed E-state index contributed by atoms with van der Waals surface area (Å²) in [6.07, 6.45) is 2.43. The van der Waals surface area contributed by atoms with Crippen LogP contribution < -0.4 is 5.43 Å². The lowest BCUT2D eigenvalue weighted by molar-refractivity contribution is 0.0565. The van der Waals surface area contributed by atoms with E-state index < -0.39 is 40.7 Å². The van der Waals surface area contributed by atoms with Gasteiger partial charge in [-0.05, 0) is 48.2 Å². The summed E-state index contributed by atoms with van der Waals surface area (Å²) in [5.41, 5.74) is 0.437. The molecule has 5 rings (SSSR count). The number of benzene rings is 2. The number of nitrogens with zero attached hydrogens (tertiary/aromatic N) is 3. The average molecular weight is 423 g/mol. The maximum atomic E-state index is 14.2. The number of carbonyl (C=O) groups is 1. The Morgan fingerprint density at radius 1 is 1.03 bits per heavy atom. The molecular formula is C23H19F2N3O3. The van der Waals surface area contributed by atoms with Crippen LogP contribution in [-0.2, 0) is 0 Å². The summed E-state index contributed by atoms with van der Waals surface area (Å²) >= 11 is 0. The first-order chi connectivity index (χ1) is 15.0. The maximum Gasteiger partial charge on any atom is 0.276 e. The summed E-state index contributed by atoms with van der Waals surface area (Å²) in [5.74, 6) is -2.41. The number of rotatable bonds is 3. The van der Waals surface area contributed by atoms with Gasteiger partial charge in [0.1, 0.15) is 11.6 Å². The van der Waals surface area contributed by atoms with E-state index in [0.29, 0.717) is 24.1 Å². The molecule has 2 aliphatic heterocycles. The van der Waals surface area contributed by atoms with Crippen LogP contribution in [0.15, 0.2) is 59.5 Å². The second-order valence-electron chi connectivity index (χ2n) is 7.93. The first-order valence-corrected chi connectivity index (χ1v) is 10.1. The molecule has 0 aliphatic carbocycles. The average Bonchev–Trinajstić information content (AvgIpc) is 3.24. The topological polar surface area (TPSA) is 75.4 Å². The second kappa shape index (κ2) is 7.30. The molecule has 0 spiro atoms. The van der Waals surface area contributed by atoms with E-state index in [1.165, 1.54) is 28.9 Å². The highest BCUT2D eigenvalue weighted by atomic mass is 19.1. The molecule has 1 fully saturated rings. The lowest BCUT2D eigenvalue weighted by atomic mass is 9.80. The molecule has 0 radical (unpaired) electrons. The highest BCUT2D eigenvalue weighted by Crippen LogP contribution is 2.45. The Morgan fingerprint density at radius 2 is 1.81 bits per heavy atom. The van der Waals surface area contributed by atoms with Gasteiger partial charge in [0.2, 0.25) is 5.43 Å². The summed E-state index contributed by atoms with van der Waals surface area (Å²) in [6, 6.07) is 11.2. The minimum absolute atomic E-state index is 0.167. The predicted octanol–water partition coefficient (Wildman–Crippen LogP) is 3.22. The van der Waals surface area contributed by atoms with Gasteiger partial charge in [-0.2, -0.15) is 5.10 Å². The SMILES string of the molecule is O=C1c2c(O)c(=O)cnn2[C@@H](C(c2ccc(F)cc2)c2cccc(F)c2)[C@H]2CCCN12. The molecule has 1 aromatic heterocycles. The van der Waals surface area contributed by atoms with Crippen molar-refractivity contribution in [1.82, 2.24) is 14.7 Å². The lowest BCUT2D eigenvalue weighted by Crippen LogP contribution is -2.50. The number of hydrogen-bond acceptors (Lipinski definition) is 4. The monoisotopic (exact) mass is 423 g/mol. The van der Waals surface area contributed by atoms with Crippen LogP contribution >= 0.6 is 0 Å². The molecule has 6 nitrogen and oxygen atoms in total. The van der Waals surface area contributed by atoms with Crippen molar-refractivity contribution in [3.05, 3.63) is 93.4 Å². The van der Waals surface area contributed by atoms with Gasteiger partial charge < -0.3 is 10.0 Å². The van der Waals surface area contributed by atoms with Gasteiger partial charge in [0, 0.05) is 12.5 Å². The third-order valence-electron chi connectivity index (χ3n) is 6.20. The van der Waals surface area contributed by atoms with E-state index in [2.05, 4.69) is 5.10 Å². The Kier molecular flexibility index (Phi) is 4.57. The van der Waals surface area contributed by atoms with Crippen LogP contribution in [0.5, 0.6) is 5.75 Å². The number of carbonyl (C=O) groups excluding carboxylic acids is 1. The molecule has 0 bridgehead atoms. The molecule has 3 aromatic rings. The van der Waals surface area contributed by atoms with Crippen molar-refractivity contribution in [3.63, 3.8) is 0 Å². The molecule has 1 unspecified atom stereocenters. The van der Waals surface area contributed by atoms with Gasteiger partial charge >= 0.3 is 0 Å². The molecule has 31 heavy (non-hydrogen) atoms. The van der Waals surface area contributed by atoms with Crippen LogP contribution in [0.2, 0.25) is 0 Å². The van der Waals surface area contributed by atoms with E-state index >= 15 is 0 Å². The summed E-state index contributed by atoms with van der Waals surface area (Å²) in [6.45, 7) is 0.488. The zero-order valence-electron chi connectivity index (χ0n) is 16.4. The number of fused-ring (bicyclic) bond motifs is 2. The van der Waals surface area contributed by atoms with Gasteiger partial charge in [-0.15, -0.1) is 0 Å². The molecular weight excluding hydrogens is 404 g/mol. The van der Waals surface area contributed by atoms with Crippen LogP contribution in [0.1, 0.15) is 46.4 Å². The highest BCUT2D eigenvalue weighted by Gasteiger charge is 2.48. The number of aromatic nitrogens is 2. The van der Waals surface area contributed by atoms with Gasteiger partial charge in [0.15, 0.2) is 11.4 Å². The third-order valence-corrected chi connectivity index (χ3v) is 6.20. The van der Waals surface area contributed by atoms with Gasteiger partial charge in [-0.3, -0.25) is 14.3 Å². The molecule has 1 saturated heterocycles. The van der Waals surface area contributed by atoms with Crippen LogP contribution in [0.4, 0.5) is 8.78 Å². The van der Waals surface area contributed by atoms with Gasteiger partial charge in [0.05, 0.1) is 18.3 Å². The fourth-order valence-corrected chi connectivity index (χ4v) is 4.90. The van der Waals surface area contributed by atoms with E-state index in [1.807, 2.05) is 0 Å². The molecule has 2 aliphatic rings. The van der Waals surface area contributed by atoms with Crippen molar-refractivity contribution in [2.75, 3.05) is 6.54 Å². The standard InChI is InChI=1S/C23H19F2N3O3/c24-15-8-6-13(7-9-15)19(14-3-1-4-16(25)11-14)20-17-5-2-10-27(17)23(31)21-22(30)18(29)12-26-28(20)21/h1,3-4,6-9,11-12,17,19-20,30H,2,5,10H2/t17-,19?,20-/m1/s1. The molecule has 8 heteroatoms. The van der Waals surface area contributed by atoms with Crippen molar-refractivity contribution >= 4 is 5.91 Å². The van der Waals surface area contributed by atoms with Crippen molar-refractivity contribution < 1.29 is 18.7 Å². The second-order valence-corrected chi connectivity index (χ2v) is 7.93. The van der Waals surface area contributed by atoms with E-state index in [4.69, 9.17) is 0 Å². The van der Waals surface area contributed by atoms with E-state index in [-0.39, 0.29) is 11.7 Å². The molecule has 1 amide bonds. The van der Waals surface area contributed by atoms with Crippen molar-refractivity contribution in [2.24, 2.45) is 0 Å². The Labute approximate surface area is 176 Å². The van der Waals surface area contributed by atoms with Crippen LogP contribution in [0.25, 0.3) is 0 Å². The minimum Gasteiger partial charge on any atom is -0.502 e. The molecule has 158 valence electrons. The zero-order valence-corrected chi connectivity index (χ0v) is 16.4. The smallest absolute Gasteiger partial charge is 0.276 e. The third kappa shape index (κ3) is 3.10.